The highest BCUT2D eigenvalue weighted by Crippen LogP contribution is 2.38. The molecule has 1 saturated heterocycles. The van der Waals surface area contributed by atoms with E-state index in [0.717, 1.165) is 50.7 Å². The number of hydrogen-bond acceptors (Lipinski definition) is 3. The van der Waals surface area contributed by atoms with Crippen LogP contribution < -0.4 is 4.90 Å². The van der Waals surface area contributed by atoms with Crippen LogP contribution in [-0.2, 0) is 6.42 Å². The Kier molecular flexibility index (Phi) is 5.40. The van der Waals surface area contributed by atoms with Gasteiger partial charge < -0.3 is 10.0 Å². The molecular weight excluding hydrogens is 332 g/mol. The summed E-state index contributed by atoms with van der Waals surface area (Å²) in [5, 5.41) is 11.5. The van der Waals surface area contributed by atoms with Gasteiger partial charge in [-0.2, -0.15) is 0 Å². The van der Waals surface area contributed by atoms with Crippen molar-refractivity contribution in [3.05, 3.63) is 72.4 Å². The van der Waals surface area contributed by atoms with Gasteiger partial charge >= 0.3 is 0 Å². The molecule has 2 aromatic carbocycles. The minimum absolute atomic E-state index is 0.00258. The Morgan fingerprint density at radius 1 is 1.00 bits per heavy atom. The number of aliphatic hydroxyl groups is 1. The average Bonchev–Trinajstić information content (AvgIpc) is 2.74. The Bertz CT molecular complexity index is 874. The van der Waals surface area contributed by atoms with Crippen molar-refractivity contribution in [3.8, 4) is 0 Å². The van der Waals surface area contributed by atoms with Crippen LogP contribution in [0.3, 0.4) is 0 Å². The number of aromatic nitrogens is 1. The molecule has 0 saturated carbocycles. The van der Waals surface area contributed by atoms with Gasteiger partial charge in [0.1, 0.15) is 0 Å². The quantitative estimate of drug-likeness (QED) is 0.683. The molecule has 1 aromatic heterocycles. The summed E-state index contributed by atoms with van der Waals surface area (Å²) < 4.78 is 0. The highest BCUT2D eigenvalue weighted by atomic mass is 16.3. The Balaban J connectivity index is 1.49. The summed E-state index contributed by atoms with van der Waals surface area (Å²) >= 11 is 0. The first-order valence-corrected chi connectivity index (χ1v) is 10.0. The summed E-state index contributed by atoms with van der Waals surface area (Å²) in [6.07, 6.45) is 7.41. The van der Waals surface area contributed by atoms with Gasteiger partial charge in [0.15, 0.2) is 0 Å². The van der Waals surface area contributed by atoms with Gasteiger partial charge in [0, 0.05) is 35.8 Å². The Hall–Kier alpha value is -2.39. The molecule has 1 N–H and O–H groups in total. The molecule has 3 aromatic rings. The molecule has 1 atom stereocenters. The van der Waals surface area contributed by atoms with Gasteiger partial charge in [0.2, 0.25) is 0 Å². The van der Waals surface area contributed by atoms with Gasteiger partial charge in [-0.3, -0.25) is 4.98 Å². The number of benzene rings is 2. The van der Waals surface area contributed by atoms with Crippen LogP contribution in [0.4, 0.5) is 5.69 Å². The zero-order valence-corrected chi connectivity index (χ0v) is 15.8. The summed E-state index contributed by atoms with van der Waals surface area (Å²) in [7, 11) is 0. The van der Waals surface area contributed by atoms with Crippen molar-refractivity contribution >= 4 is 16.6 Å². The lowest BCUT2D eigenvalue weighted by molar-refractivity contribution is 0.0942. The van der Waals surface area contributed by atoms with Crippen LogP contribution in [-0.4, -0.2) is 29.8 Å². The number of rotatable bonds is 6. The molecule has 27 heavy (non-hydrogen) atoms. The topological polar surface area (TPSA) is 36.4 Å². The third-order valence-corrected chi connectivity index (χ3v) is 5.98. The first kappa shape index (κ1) is 18.0. The van der Waals surface area contributed by atoms with Gasteiger partial charge in [-0.1, -0.05) is 48.5 Å². The fourth-order valence-electron chi connectivity index (χ4n) is 4.49. The number of para-hydroxylation sites is 1. The number of hydrogen-bond donors (Lipinski definition) is 1. The smallest absolute Gasteiger partial charge is 0.0722 e. The van der Waals surface area contributed by atoms with Crippen LogP contribution in [0.2, 0.25) is 0 Å². The van der Waals surface area contributed by atoms with Crippen molar-refractivity contribution in [1.82, 2.24) is 4.98 Å². The monoisotopic (exact) mass is 360 g/mol. The van der Waals surface area contributed by atoms with Gasteiger partial charge in [-0.15, -0.1) is 0 Å². The SMILES string of the molecule is OCC1(CCCc2ccccc2)CCCN(c2ccnc3ccccc23)C1. The van der Waals surface area contributed by atoms with Crippen LogP contribution in [0.15, 0.2) is 66.9 Å². The lowest BCUT2D eigenvalue weighted by atomic mass is 9.76. The van der Waals surface area contributed by atoms with Gasteiger partial charge in [-0.05, 0) is 49.8 Å². The molecule has 3 nitrogen and oxygen atoms in total. The van der Waals surface area contributed by atoms with Crippen LogP contribution in [0.25, 0.3) is 10.9 Å². The molecule has 1 unspecified atom stereocenters. The standard InChI is InChI=1S/C24H28N2O/c27-19-24(14-6-10-20-8-2-1-3-9-20)15-7-17-26(18-24)23-13-16-25-22-12-5-4-11-21(22)23/h1-5,8-9,11-13,16,27H,6-7,10,14-15,17-19H2. The third-order valence-electron chi connectivity index (χ3n) is 5.98. The van der Waals surface area contributed by atoms with Crippen molar-refractivity contribution < 1.29 is 5.11 Å². The zero-order chi connectivity index (χ0) is 18.5. The second kappa shape index (κ2) is 8.10. The molecule has 3 heteroatoms. The first-order chi connectivity index (χ1) is 13.3. The number of fused-ring (bicyclic) bond motifs is 1. The van der Waals surface area contributed by atoms with Crippen molar-refractivity contribution in [2.75, 3.05) is 24.6 Å². The molecular formula is C24H28N2O. The lowest BCUT2D eigenvalue weighted by Gasteiger charge is -2.43. The highest BCUT2D eigenvalue weighted by Gasteiger charge is 2.35. The normalized spacial score (nSPS) is 20.1. The highest BCUT2D eigenvalue weighted by molar-refractivity contribution is 5.91. The summed E-state index contributed by atoms with van der Waals surface area (Å²) in [5.41, 5.74) is 3.68. The van der Waals surface area contributed by atoms with Crippen molar-refractivity contribution in [1.29, 1.82) is 0 Å². The summed E-state index contributed by atoms with van der Waals surface area (Å²) in [6, 6.07) is 21.1. The minimum atomic E-state index is -0.00258. The first-order valence-electron chi connectivity index (χ1n) is 10.0. The summed E-state index contributed by atoms with van der Waals surface area (Å²) in [6.45, 7) is 2.24. The number of anilines is 1. The van der Waals surface area contributed by atoms with Crippen molar-refractivity contribution in [3.63, 3.8) is 0 Å². The van der Waals surface area contributed by atoms with E-state index in [9.17, 15) is 5.11 Å². The number of aryl methyl sites for hydroxylation is 1. The van der Waals surface area contributed by atoms with E-state index in [2.05, 4.69) is 64.5 Å². The van der Waals surface area contributed by atoms with Gasteiger partial charge in [0.25, 0.3) is 0 Å². The number of pyridine rings is 1. The van der Waals surface area contributed by atoms with Crippen LogP contribution >= 0.6 is 0 Å². The molecule has 0 radical (unpaired) electrons. The molecule has 4 rings (SSSR count). The Labute approximate surface area is 161 Å². The number of aliphatic hydroxyl groups excluding tert-OH is 1. The Morgan fingerprint density at radius 2 is 1.81 bits per heavy atom. The van der Waals surface area contributed by atoms with Crippen LogP contribution in [0.5, 0.6) is 0 Å². The second-order valence-electron chi connectivity index (χ2n) is 7.87. The maximum atomic E-state index is 10.3. The lowest BCUT2D eigenvalue weighted by Crippen LogP contribution is -2.45. The number of piperidine rings is 1. The molecule has 1 aliphatic rings. The van der Waals surface area contributed by atoms with E-state index in [1.165, 1.54) is 16.6 Å². The maximum absolute atomic E-state index is 10.3. The van der Waals surface area contributed by atoms with Crippen LogP contribution in [0.1, 0.15) is 31.2 Å². The zero-order valence-electron chi connectivity index (χ0n) is 15.8. The van der Waals surface area contributed by atoms with Gasteiger partial charge in [0.05, 0.1) is 12.1 Å². The summed E-state index contributed by atoms with van der Waals surface area (Å²) in [4.78, 5) is 6.96. The van der Waals surface area contributed by atoms with E-state index in [0.29, 0.717) is 0 Å². The van der Waals surface area contributed by atoms with E-state index in [1.54, 1.807) is 0 Å². The molecule has 0 amide bonds. The second-order valence-corrected chi connectivity index (χ2v) is 7.87. The molecule has 1 fully saturated rings. The van der Waals surface area contributed by atoms with Crippen molar-refractivity contribution in [2.24, 2.45) is 5.41 Å². The van der Waals surface area contributed by atoms with Crippen molar-refractivity contribution in [2.45, 2.75) is 32.1 Å². The van der Waals surface area contributed by atoms with E-state index in [4.69, 9.17) is 0 Å². The molecule has 0 aliphatic carbocycles. The van der Waals surface area contributed by atoms with Gasteiger partial charge in [-0.25, -0.2) is 0 Å². The fourth-order valence-corrected chi connectivity index (χ4v) is 4.49. The Morgan fingerprint density at radius 3 is 2.67 bits per heavy atom. The van der Waals surface area contributed by atoms with E-state index < -0.39 is 0 Å². The van der Waals surface area contributed by atoms with E-state index in [1.807, 2.05) is 12.3 Å². The molecule has 0 spiro atoms. The summed E-state index contributed by atoms with van der Waals surface area (Å²) in [5.74, 6) is 0. The molecule has 140 valence electrons. The van der Waals surface area contributed by atoms with E-state index in [-0.39, 0.29) is 12.0 Å². The molecule has 2 heterocycles. The number of nitrogens with zero attached hydrogens (tertiary/aromatic N) is 2. The minimum Gasteiger partial charge on any atom is -0.396 e. The van der Waals surface area contributed by atoms with Crippen LogP contribution in [0, 0.1) is 5.41 Å². The maximum Gasteiger partial charge on any atom is 0.0722 e. The largest absolute Gasteiger partial charge is 0.396 e. The fraction of sp³-hybridized carbons (Fsp3) is 0.375. The predicted molar refractivity (Wildman–Crippen MR) is 112 cm³/mol. The molecule has 1 aliphatic heterocycles. The molecule has 0 bridgehead atoms. The van der Waals surface area contributed by atoms with E-state index >= 15 is 0 Å². The average molecular weight is 361 g/mol. The predicted octanol–water partition coefficient (Wildman–Crippen LogP) is 4.84. The third kappa shape index (κ3) is 3.98.